The second-order valence-electron chi connectivity index (χ2n) is 3.61. The van der Waals surface area contributed by atoms with Gasteiger partial charge in [-0.25, -0.2) is 0 Å². The van der Waals surface area contributed by atoms with Crippen LogP contribution >= 0.6 is 11.6 Å². The number of hydrogen-bond acceptors (Lipinski definition) is 1. The van der Waals surface area contributed by atoms with Gasteiger partial charge in [0, 0.05) is 5.56 Å². The standard InChI is InChI=1S/C11H11ClF2O/c1-7(2)8-4-3-5-9(6-8)10(15)11(12,13)14/h3-7H,1-2H3. The Balaban J connectivity index is 3.06. The molecule has 0 aliphatic carbocycles. The maximum Gasteiger partial charge on any atom is 0.384 e. The molecule has 1 nitrogen and oxygen atoms in total. The number of alkyl halides is 3. The van der Waals surface area contributed by atoms with Crippen molar-refractivity contribution in [2.45, 2.75) is 25.1 Å². The molecule has 0 saturated carbocycles. The zero-order chi connectivity index (χ0) is 11.6. The molecular formula is C11H11ClF2O. The van der Waals surface area contributed by atoms with Crippen LogP contribution in [0.2, 0.25) is 0 Å². The monoisotopic (exact) mass is 232 g/mol. The normalized spacial score (nSPS) is 11.9. The zero-order valence-electron chi connectivity index (χ0n) is 8.43. The molecule has 0 N–H and O–H groups in total. The Morgan fingerprint density at radius 3 is 2.47 bits per heavy atom. The van der Waals surface area contributed by atoms with Crippen LogP contribution in [0.5, 0.6) is 0 Å². The number of ketones is 1. The van der Waals surface area contributed by atoms with Crippen LogP contribution in [0, 0.1) is 0 Å². The van der Waals surface area contributed by atoms with Gasteiger partial charge in [0.15, 0.2) is 0 Å². The molecule has 0 radical (unpaired) electrons. The molecule has 0 aromatic heterocycles. The first-order valence-corrected chi connectivity index (χ1v) is 4.91. The van der Waals surface area contributed by atoms with Crippen LogP contribution in [-0.2, 0) is 0 Å². The van der Waals surface area contributed by atoms with Crippen LogP contribution in [0.3, 0.4) is 0 Å². The van der Waals surface area contributed by atoms with Crippen LogP contribution < -0.4 is 0 Å². The van der Waals surface area contributed by atoms with Gasteiger partial charge in [-0.2, -0.15) is 8.78 Å². The van der Waals surface area contributed by atoms with Gasteiger partial charge < -0.3 is 0 Å². The van der Waals surface area contributed by atoms with Crippen LogP contribution in [0.15, 0.2) is 24.3 Å². The van der Waals surface area contributed by atoms with E-state index in [0.29, 0.717) is 0 Å². The Hall–Kier alpha value is -0.960. The Morgan fingerprint density at radius 2 is 2.00 bits per heavy atom. The molecule has 0 amide bonds. The summed E-state index contributed by atoms with van der Waals surface area (Å²) in [5.74, 6) is -1.17. The van der Waals surface area contributed by atoms with Gasteiger partial charge in [-0.3, -0.25) is 4.79 Å². The lowest BCUT2D eigenvalue weighted by molar-refractivity contribution is 0.0536. The molecule has 0 aliphatic rings. The van der Waals surface area contributed by atoms with Gasteiger partial charge in [-0.05, 0) is 29.1 Å². The van der Waals surface area contributed by atoms with Crippen molar-refractivity contribution >= 4 is 17.4 Å². The van der Waals surface area contributed by atoms with E-state index in [1.807, 2.05) is 13.8 Å². The second kappa shape index (κ2) is 4.27. The van der Waals surface area contributed by atoms with E-state index < -0.39 is 11.2 Å². The summed E-state index contributed by atoms with van der Waals surface area (Å²) in [5, 5.41) is -3.82. The molecule has 0 unspecified atom stereocenters. The minimum absolute atomic E-state index is 0.0544. The lowest BCUT2D eigenvalue weighted by Crippen LogP contribution is -2.21. The molecule has 4 heteroatoms. The van der Waals surface area contributed by atoms with E-state index >= 15 is 0 Å². The van der Waals surface area contributed by atoms with Crippen LogP contribution in [0.25, 0.3) is 0 Å². The summed E-state index contributed by atoms with van der Waals surface area (Å²) < 4.78 is 25.1. The fourth-order valence-corrected chi connectivity index (χ4v) is 1.31. The highest BCUT2D eigenvalue weighted by Crippen LogP contribution is 2.26. The van der Waals surface area contributed by atoms with Gasteiger partial charge in [0.05, 0.1) is 0 Å². The molecule has 0 bridgehead atoms. The summed E-state index contributed by atoms with van der Waals surface area (Å²) in [4.78, 5) is 11.2. The highest BCUT2D eigenvalue weighted by Gasteiger charge is 2.36. The van der Waals surface area contributed by atoms with E-state index in [-0.39, 0.29) is 11.5 Å². The van der Waals surface area contributed by atoms with E-state index in [4.69, 9.17) is 0 Å². The average Bonchev–Trinajstić information content (AvgIpc) is 2.15. The van der Waals surface area contributed by atoms with Crippen LogP contribution in [0.4, 0.5) is 8.78 Å². The number of Topliss-reactive ketones (excluding diaryl/α,β-unsaturated/α-hetero) is 1. The summed E-state index contributed by atoms with van der Waals surface area (Å²) in [7, 11) is 0. The van der Waals surface area contributed by atoms with Crippen LogP contribution in [-0.4, -0.2) is 11.2 Å². The minimum Gasteiger partial charge on any atom is -0.286 e. The zero-order valence-corrected chi connectivity index (χ0v) is 9.18. The molecule has 1 rings (SSSR count). The lowest BCUT2D eigenvalue weighted by Gasteiger charge is -2.09. The molecule has 1 aromatic carbocycles. The molecule has 82 valence electrons. The number of carbonyl (C=O) groups excluding carboxylic acids is 1. The minimum atomic E-state index is -3.82. The molecule has 0 spiro atoms. The van der Waals surface area contributed by atoms with Crippen molar-refractivity contribution in [3.05, 3.63) is 35.4 Å². The first-order valence-electron chi connectivity index (χ1n) is 4.54. The fourth-order valence-electron chi connectivity index (χ4n) is 1.20. The van der Waals surface area contributed by atoms with Gasteiger partial charge in [-0.1, -0.05) is 32.0 Å². The number of carbonyl (C=O) groups is 1. The first-order chi connectivity index (χ1) is 6.82. The summed E-state index contributed by atoms with van der Waals surface area (Å²) in [6, 6.07) is 6.15. The molecule has 0 saturated heterocycles. The quantitative estimate of drug-likeness (QED) is 0.572. The van der Waals surface area contributed by atoms with E-state index in [1.54, 1.807) is 12.1 Å². The van der Waals surface area contributed by atoms with Crippen molar-refractivity contribution < 1.29 is 13.6 Å². The van der Waals surface area contributed by atoms with E-state index in [2.05, 4.69) is 11.6 Å². The van der Waals surface area contributed by atoms with E-state index in [0.717, 1.165) is 5.56 Å². The number of rotatable bonds is 3. The number of benzene rings is 1. The summed E-state index contributed by atoms with van der Waals surface area (Å²) in [6.45, 7) is 3.84. The largest absolute Gasteiger partial charge is 0.384 e. The predicted octanol–water partition coefficient (Wildman–Crippen LogP) is 3.82. The molecule has 0 heterocycles. The Bertz CT molecular complexity index is 369. The summed E-state index contributed by atoms with van der Waals surface area (Å²) in [5.41, 5.74) is 0.781. The fraction of sp³-hybridized carbons (Fsp3) is 0.364. The van der Waals surface area contributed by atoms with Crippen molar-refractivity contribution in [2.24, 2.45) is 0 Å². The van der Waals surface area contributed by atoms with Gasteiger partial charge in [-0.15, -0.1) is 0 Å². The highest BCUT2D eigenvalue weighted by atomic mass is 35.5. The SMILES string of the molecule is CC(C)c1cccc(C(=O)C(F)(F)Cl)c1. The highest BCUT2D eigenvalue weighted by molar-refractivity contribution is 6.35. The summed E-state index contributed by atoms with van der Waals surface area (Å²) >= 11 is 4.67. The van der Waals surface area contributed by atoms with Crippen molar-refractivity contribution in [3.8, 4) is 0 Å². The van der Waals surface area contributed by atoms with Crippen molar-refractivity contribution in [1.29, 1.82) is 0 Å². The molecule has 0 atom stereocenters. The third-order valence-electron chi connectivity index (χ3n) is 2.07. The smallest absolute Gasteiger partial charge is 0.286 e. The van der Waals surface area contributed by atoms with Gasteiger partial charge in [0.25, 0.3) is 0 Å². The third kappa shape index (κ3) is 2.99. The Morgan fingerprint density at radius 1 is 1.40 bits per heavy atom. The number of hydrogen-bond donors (Lipinski definition) is 0. The van der Waals surface area contributed by atoms with E-state index in [9.17, 15) is 13.6 Å². The van der Waals surface area contributed by atoms with Crippen molar-refractivity contribution in [1.82, 2.24) is 0 Å². The topological polar surface area (TPSA) is 17.1 Å². The first kappa shape index (κ1) is 12.1. The molecule has 0 aliphatic heterocycles. The number of halogens is 3. The molecule has 1 aromatic rings. The second-order valence-corrected chi connectivity index (χ2v) is 4.08. The van der Waals surface area contributed by atoms with Gasteiger partial charge in [0.2, 0.25) is 5.78 Å². The maximum absolute atomic E-state index is 12.6. The maximum atomic E-state index is 12.6. The van der Waals surface area contributed by atoms with Crippen molar-refractivity contribution in [2.75, 3.05) is 0 Å². The Kier molecular flexibility index (Phi) is 3.45. The average molecular weight is 233 g/mol. The van der Waals surface area contributed by atoms with Gasteiger partial charge in [0.1, 0.15) is 0 Å². The molecular weight excluding hydrogens is 222 g/mol. The predicted molar refractivity (Wildman–Crippen MR) is 55.7 cm³/mol. The van der Waals surface area contributed by atoms with E-state index in [1.165, 1.54) is 12.1 Å². The van der Waals surface area contributed by atoms with Crippen molar-refractivity contribution in [3.63, 3.8) is 0 Å². The summed E-state index contributed by atoms with van der Waals surface area (Å²) in [6.07, 6.45) is 0. The van der Waals surface area contributed by atoms with Crippen LogP contribution in [0.1, 0.15) is 35.7 Å². The molecule has 0 fully saturated rings. The lowest BCUT2D eigenvalue weighted by atomic mass is 9.99. The molecule has 15 heavy (non-hydrogen) atoms. The van der Waals surface area contributed by atoms with Gasteiger partial charge >= 0.3 is 5.38 Å². The third-order valence-corrected chi connectivity index (χ3v) is 2.24. The Labute approximate surface area is 92.1 Å².